The van der Waals surface area contributed by atoms with Gasteiger partial charge in [-0.1, -0.05) is 0 Å². The number of carbonyl (C=O) groups excluding carboxylic acids is 1. The van der Waals surface area contributed by atoms with Gasteiger partial charge in [0, 0.05) is 25.4 Å². The Balaban J connectivity index is 2.31. The molecule has 106 valence electrons. The summed E-state index contributed by atoms with van der Waals surface area (Å²) in [4.78, 5) is 27.7. The molecule has 2 amide bonds. The monoisotopic (exact) mass is 287 g/mol. The normalized spacial score (nSPS) is 11.9. The first kappa shape index (κ1) is 15.4. The number of aliphatic carboxylic acids is 1. The molecule has 1 atom stereocenters. The summed E-state index contributed by atoms with van der Waals surface area (Å²) < 4.78 is 0. The van der Waals surface area contributed by atoms with Gasteiger partial charge in [0.2, 0.25) is 0 Å². The second-order valence-corrected chi connectivity index (χ2v) is 5.15. The van der Waals surface area contributed by atoms with E-state index in [1.54, 1.807) is 7.05 Å². The highest BCUT2D eigenvalue weighted by Crippen LogP contribution is 2.09. The molecule has 0 unspecified atom stereocenters. The van der Waals surface area contributed by atoms with Crippen LogP contribution in [0, 0.1) is 6.92 Å². The number of nitrogens with zero attached hydrogens (tertiary/aromatic N) is 2. The molecule has 3 N–H and O–H groups in total. The number of hydrogen-bond donors (Lipinski definition) is 3. The number of hydrogen-bond acceptors (Lipinski definition) is 5. The van der Waals surface area contributed by atoms with Crippen molar-refractivity contribution in [2.24, 2.45) is 0 Å². The lowest BCUT2D eigenvalue weighted by Crippen LogP contribution is -2.38. The Morgan fingerprint density at radius 2 is 2.26 bits per heavy atom. The summed E-state index contributed by atoms with van der Waals surface area (Å²) >= 11 is 1.52. The van der Waals surface area contributed by atoms with E-state index < -0.39 is 12.1 Å². The molecule has 1 aromatic rings. The average molecular weight is 287 g/mol. The summed E-state index contributed by atoms with van der Waals surface area (Å²) in [6, 6.07) is -0.330. The number of thiazole rings is 1. The third kappa shape index (κ3) is 5.23. The minimum absolute atomic E-state index is 0.0231. The van der Waals surface area contributed by atoms with E-state index >= 15 is 0 Å². The van der Waals surface area contributed by atoms with Crippen molar-refractivity contribution in [1.82, 2.24) is 15.2 Å². The Morgan fingerprint density at radius 3 is 2.79 bits per heavy atom. The van der Waals surface area contributed by atoms with Crippen LogP contribution in [0.3, 0.4) is 0 Å². The Morgan fingerprint density at radius 1 is 1.58 bits per heavy atom. The van der Waals surface area contributed by atoms with Gasteiger partial charge in [-0.2, -0.15) is 0 Å². The third-order valence-electron chi connectivity index (χ3n) is 2.39. The highest BCUT2D eigenvalue weighted by Gasteiger charge is 2.14. The second-order valence-electron chi connectivity index (χ2n) is 4.09. The van der Waals surface area contributed by atoms with Gasteiger partial charge >= 0.3 is 12.0 Å². The van der Waals surface area contributed by atoms with Crippen LogP contribution < -0.4 is 5.32 Å². The first-order valence-electron chi connectivity index (χ1n) is 5.71. The van der Waals surface area contributed by atoms with E-state index in [2.05, 4.69) is 10.3 Å². The van der Waals surface area contributed by atoms with Crippen LogP contribution >= 0.6 is 11.3 Å². The molecule has 1 rings (SSSR count). The molecular weight excluding hydrogens is 270 g/mol. The van der Waals surface area contributed by atoms with E-state index in [1.165, 1.54) is 16.2 Å². The molecular formula is C11H17N3O4S. The number of aliphatic hydroxyl groups is 1. The van der Waals surface area contributed by atoms with E-state index in [0.29, 0.717) is 6.54 Å². The Kier molecular flexibility index (Phi) is 5.71. The fourth-order valence-corrected chi connectivity index (χ4v) is 1.97. The van der Waals surface area contributed by atoms with Gasteiger partial charge in [0.1, 0.15) is 0 Å². The minimum Gasteiger partial charge on any atom is -0.479 e. The molecule has 0 bridgehead atoms. The number of carboxylic acids is 1. The van der Waals surface area contributed by atoms with Crippen molar-refractivity contribution in [2.75, 3.05) is 13.6 Å². The number of aryl methyl sites for hydroxylation is 1. The fourth-order valence-electron chi connectivity index (χ4n) is 1.37. The van der Waals surface area contributed by atoms with Gasteiger partial charge in [0.15, 0.2) is 6.10 Å². The zero-order valence-corrected chi connectivity index (χ0v) is 11.6. The SMILES string of the molecule is Cc1nc(CN(C)C(=O)NCC[C@H](O)C(=O)O)cs1. The van der Waals surface area contributed by atoms with Crippen LogP contribution in [0.4, 0.5) is 4.79 Å². The maximum atomic E-state index is 11.7. The molecule has 7 nitrogen and oxygen atoms in total. The lowest BCUT2D eigenvalue weighted by atomic mass is 10.2. The highest BCUT2D eigenvalue weighted by molar-refractivity contribution is 7.09. The summed E-state index contributed by atoms with van der Waals surface area (Å²) in [7, 11) is 1.62. The van der Waals surface area contributed by atoms with E-state index in [-0.39, 0.29) is 19.0 Å². The maximum Gasteiger partial charge on any atom is 0.332 e. The largest absolute Gasteiger partial charge is 0.479 e. The molecule has 0 aromatic carbocycles. The maximum absolute atomic E-state index is 11.7. The standard InChI is InChI=1S/C11H17N3O4S/c1-7-13-8(6-19-7)5-14(2)11(18)12-4-3-9(15)10(16)17/h6,9,15H,3-5H2,1-2H3,(H,12,18)(H,16,17)/t9-/m0/s1. The predicted octanol–water partition coefficient (Wildman–Crippen LogP) is 0.429. The smallest absolute Gasteiger partial charge is 0.332 e. The Labute approximate surface area is 114 Å². The van der Waals surface area contributed by atoms with Gasteiger partial charge in [-0.15, -0.1) is 11.3 Å². The number of urea groups is 1. The molecule has 8 heteroatoms. The van der Waals surface area contributed by atoms with Crippen LogP contribution in [-0.4, -0.2) is 51.8 Å². The Hall–Kier alpha value is -1.67. The van der Waals surface area contributed by atoms with Gasteiger partial charge in [0.05, 0.1) is 17.2 Å². The molecule has 0 aliphatic rings. The quantitative estimate of drug-likeness (QED) is 0.704. The first-order chi connectivity index (χ1) is 8.90. The number of rotatable bonds is 6. The van der Waals surface area contributed by atoms with Crippen molar-refractivity contribution < 1.29 is 19.8 Å². The number of aliphatic hydroxyl groups excluding tert-OH is 1. The zero-order valence-electron chi connectivity index (χ0n) is 10.8. The average Bonchev–Trinajstić information content (AvgIpc) is 2.74. The number of nitrogens with one attached hydrogen (secondary N) is 1. The topological polar surface area (TPSA) is 103 Å². The van der Waals surface area contributed by atoms with Crippen molar-refractivity contribution in [3.05, 3.63) is 16.1 Å². The van der Waals surface area contributed by atoms with Gasteiger partial charge < -0.3 is 20.4 Å². The summed E-state index contributed by atoms with van der Waals surface area (Å²) in [5, 5.41) is 22.9. The molecule has 0 radical (unpaired) electrons. The van der Waals surface area contributed by atoms with E-state index in [1.807, 2.05) is 12.3 Å². The van der Waals surface area contributed by atoms with Crippen LogP contribution in [0.1, 0.15) is 17.1 Å². The van der Waals surface area contributed by atoms with E-state index in [9.17, 15) is 9.59 Å². The third-order valence-corrected chi connectivity index (χ3v) is 3.21. The molecule has 1 heterocycles. The zero-order chi connectivity index (χ0) is 14.4. The van der Waals surface area contributed by atoms with Crippen molar-refractivity contribution in [2.45, 2.75) is 26.0 Å². The van der Waals surface area contributed by atoms with Gasteiger partial charge in [-0.05, 0) is 6.92 Å². The molecule has 19 heavy (non-hydrogen) atoms. The van der Waals surface area contributed by atoms with Crippen molar-refractivity contribution >= 4 is 23.3 Å². The molecule has 0 aliphatic carbocycles. The van der Waals surface area contributed by atoms with Crippen molar-refractivity contribution in [1.29, 1.82) is 0 Å². The van der Waals surface area contributed by atoms with Gasteiger partial charge in [-0.25, -0.2) is 14.6 Å². The summed E-state index contributed by atoms with van der Waals surface area (Å²) in [5.41, 5.74) is 0.811. The number of amides is 2. The number of carbonyl (C=O) groups is 2. The van der Waals surface area contributed by atoms with Crippen molar-refractivity contribution in [3.63, 3.8) is 0 Å². The highest BCUT2D eigenvalue weighted by atomic mass is 32.1. The van der Waals surface area contributed by atoms with Crippen LogP contribution in [0.5, 0.6) is 0 Å². The van der Waals surface area contributed by atoms with E-state index in [0.717, 1.165) is 10.7 Å². The predicted molar refractivity (Wildman–Crippen MR) is 70.0 cm³/mol. The minimum atomic E-state index is -1.45. The lowest BCUT2D eigenvalue weighted by Gasteiger charge is -2.17. The molecule has 0 aliphatic heterocycles. The van der Waals surface area contributed by atoms with Gasteiger partial charge in [0.25, 0.3) is 0 Å². The van der Waals surface area contributed by atoms with Crippen LogP contribution in [0.25, 0.3) is 0 Å². The molecule has 0 saturated heterocycles. The van der Waals surface area contributed by atoms with E-state index in [4.69, 9.17) is 10.2 Å². The number of aromatic nitrogens is 1. The van der Waals surface area contributed by atoms with Gasteiger partial charge in [-0.3, -0.25) is 0 Å². The van der Waals surface area contributed by atoms with Crippen molar-refractivity contribution in [3.8, 4) is 0 Å². The lowest BCUT2D eigenvalue weighted by molar-refractivity contribution is -0.146. The molecule has 0 spiro atoms. The van der Waals surface area contributed by atoms with Crippen LogP contribution in [0.2, 0.25) is 0 Å². The second kappa shape index (κ2) is 7.05. The first-order valence-corrected chi connectivity index (χ1v) is 6.59. The summed E-state index contributed by atoms with van der Waals surface area (Å²) in [6.45, 7) is 2.38. The number of carboxylic acid groups (broad SMARTS) is 1. The Bertz CT molecular complexity index is 449. The summed E-state index contributed by atoms with van der Waals surface area (Å²) in [5.74, 6) is -1.29. The molecule has 0 fully saturated rings. The summed E-state index contributed by atoms with van der Waals surface area (Å²) in [6.07, 6.45) is -1.48. The molecule has 0 saturated carbocycles. The van der Waals surface area contributed by atoms with Crippen LogP contribution in [-0.2, 0) is 11.3 Å². The molecule has 1 aromatic heterocycles. The fraction of sp³-hybridized carbons (Fsp3) is 0.545. The van der Waals surface area contributed by atoms with Crippen LogP contribution in [0.15, 0.2) is 5.38 Å².